The van der Waals surface area contributed by atoms with Crippen molar-refractivity contribution in [1.29, 1.82) is 0 Å². The highest BCUT2D eigenvalue weighted by Crippen LogP contribution is 2.37. The Morgan fingerprint density at radius 2 is 1.90 bits per heavy atom. The van der Waals surface area contributed by atoms with Crippen LogP contribution in [0.3, 0.4) is 0 Å². The minimum atomic E-state index is -3.15. The van der Waals surface area contributed by atoms with Crippen molar-refractivity contribution in [2.45, 2.75) is 18.6 Å². The summed E-state index contributed by atoms with van der Waals surface area (Å²) in [5, 5.41) is 3.96. The third-order valence-corrected chi connectivity index (χ3v) is 6.43. The van der Waals surface area contributed by atoms with Gasteiger partial charge in [0.05, 0.1) is 10.3 Å². The van der Waals surface area contributed by atoms with Gasteiger partial charge in [0.2, 0.25) is 0 Å². The number of nitrogens with zero attached hydrogens (tertiary/aromatic N) is 1. The van der Waals surface area contributed by atoms with Crippen LogP contribution in [0, 0.1) is 0 Å². The second-order valence-electron chi connectivity index (χ2n) is 5.52. The highest BCUT2D eigenvalue weighted by Gasteiger charge is 2.30. The third kappa shape index (κ3) is 3.36. The van der Waals surface area contributed by atoms with E-state index in [1.807, 2.05) is 30.3 Å². The van der Waals surface area contributed by atoms with Crippen molar-refractivity contribution < 1.29 is 8.42 Å². The predicted octanol–water partition coefficient (Wildman–Crippen LogP) is 2.63. The van der Waals surface area contributed by atoms with Gasteiger partial charge >= 0.3 is 0 Å². The van der Waals surface area contributed by atoms with Crippen molar-refractivity contribution in [2.75, 3.05) is 23.9 Å². The van der Waals surface area contributed by atoms with Gasteiger partial charge < -0.3 is 11.1 Å². The Labute approximate surface area is 129 Å². The number of nitrogens with two attached hydrogens (primary N) is 1. The summed E-state index contributed by atoms with van der Waals surface area (Å²) in [6.45, 7) is 3.69. The van der Waals surface area contributed by atoms with Crippen LogP contribution in [0.4, 0.5) is 10.8 Å². The molecule has 7 heteroatoms. The van der Waals surface area contributed by atoms with Crippen molar-refractivity contribution in [3.8, 4) is 11.1 Å². The van der Waals surface area contributed by atoms with Gasteiger partial charge in [-0.25, -0.2) is 8.42 Å². The molecule has 1 aromatic carbocycles. The Kier molecular flexibility index (Phi) is 4.25. The van der Waals surface area contributed by atoms with E-state index in [4.69, 9.17) is 5.73 Å². The monoisotopic (exact) mass is 325 g/mol. The second kappa shape index (κ2) is 5.65. The minimum Gasteiger partial charge on any atom is -0.382 e. The summed E-state index contributed by atoms with van der Waals surface area (Å²) in [5.41, 5.74) is 7.73. The standard InChI is InChI=1S/C14H19N3O2S2/c1-14(2,21(3,18)19)9-16-13-11(12(15)17-20-13)10-7-5-4-6-8-10/h4-8,16H,9H2,1-3H3,(H2,15,17). The van der Waals surface area contributed by atoms with Crippen LogP contribution in [0.25, 0.3) is 11.1 Å². The fraction of sp³-hybridized carbons (Fsp3) is 0.357. The molecule has 2 aromatic rings. The molecule has 0 spiro atoms. The molecule has 2 rings (SSSR count). The number of anilines is 2. The molecule has 0 fully saturated rings. The molecular weight excluding hydrogens is 306 g/mol. The van der Waals surface area contributed by atoms with Gasteiger partial charge in [-0.1, -0.05) is 30.3 Å². The van der Waals surface area contributed by atoms with Gasteiger partial charge in [0.1, 0.15) is 10.8 Å². The summed E-state index contributed by atoms with van der Waals surface area (Å²) < 4.78 is 26.8. The summed E-state index contributed by atoms with van der Waals surface area (Å²) in [7, 11) is -3.15. The lowest BCUT2D eigenvalue weighted by molar-refractivity contribution is 0.560. The number of hydrogen-bond donors (Lipinski definition) is 2. The Balaban J connectivity index is 2.28. The SMILES string of the molecule is CC(C)(CNc1snc(N)c1-c1ccccc1)S(C)(=O)=O. The fourth-order valence-corrected chi connectivity index (χ4v) is 2.80. The molecular formula is C14H19N3O2S2. The molecule has 5 nitrogen and oxygen atoms in total. The molecule has 0 radical (unpaired) electrons. The van der Waals surface area contributed by atoms with Crippen molar-refractivity contribution in [2.24, 2.45) is 0 Å². The maximum Gasteiger partial charge on any atom is 0.154 e. The first-order valence-electron chi connectivity index (χ1n) is 6.46. The number of nitrogens with one attached hydrogen (secondary N) is 1. The number of nitrogen functional groups attached to an aromatic ring is 1. The van der Waals surface area contributed by atoms with E-state index < -0.39 is 14.6 Å². The first kappa shape index (κ1) is 15.8. The zero-order valence-electron chi connectivity index (χ0n) is 12.3. The van der Waals surface area contributed by atoms with Crippen LogP contribution in [0.2, 0.25) is 0 Å². The van der Waals surface area contributed by atoms with E-state index in [2.05, 4.69) is 9.69 Å². The maximum absolute atomic E-state index is 11.8. The topological polar surface area (TPSA) is 85.1 Å². The summed E-state index contributed by atoms with van der Waals surface area (Å²) in [6, 6.07) is 9.69. The van der Waals surface area contributed by atoms with Gasteiger partial charge in [0, 0.05) is 12.8 Å². The lowest BCUT2D eigenvalue weighted by atomic mass is 10.1. The number of aromatic nitrogens is 1. The molecule has 0 bridgehead atoms. The number of hydrogen-bond acceptors (Lipinski definition) is 6. The van der Waals surface area contributed by atoms with E-state index in [1.54, 1.807) is 13.8 Å². The maximum atomic E-state index is 11.8. The Morgan fingerprint density at radius 3 is 2.48 bits per heavy atom. The largest absolute Gasteiger partial charge is 0.382 e. The van der Waals surface area contributed by atoms with Crippen molar-refractivity contribution >= 4 is 32.2 Å². The van der Waals surface area contributed by atoms with Crippen LogP contribution in [0.1, 0.15) is 13.8 Å². The van der Waals surface area contributed by atoms with Crippen LogP contribution in [-0.4, -0.2) is 30.3 Å². The molecule has 0 atom stereocenters. The number of benzene rings is 1. The first-order valence-corrected chi connectivity index (χ1v) is 9.13. The average molecular weight is 325 g/mol. The van der Waals surface area contributed by atoms with E-state index in [9.17, 15) is 8.42 Å². The fourth-order valence-electron chi connectivity index (χ4n) is 1.73. The third-order valence-electron chi connectivity index (χ3n) is 3.46. The quantitative estimate of drug-likeness (QED) is 0.882. The molecule has 1 heterocycles. The van der Waals surface area contributed by atoms with Gasteiger partial charge in [-0.2, -0.15) is 4.37 Å². The van der Waals surface area contributed by atoms with Crippen molar-refractivity contribution in [3.63, 3.8) is 0 Å². The van der Waals surface area contributed by atoms with E-state index in [0.717, 1.165) is 16.1 Å². The summed E-state index contributed by atoms with van der Waals surface area (Å²) in [5.74, 6) is 0.450. The Hall–Kier alpha value is -1.60. The highest BCUT2D eigenvalue weighted by atomic mass is 32.2. The predicted molar refractivity (Wildman–Crippen MR) is 89.4 cm³/mol. The average Bonchev–Trinajstić information content (AvgIpc) is 2.77. The first-order chi connectivity index (χ1) is 9.72. The number of rotatable bonds is 5. The summed E-state index contributed by atoms with van der Waals surface area (Å²) in [4.78, 5) is 0. The van der Waals surface area contributed by atoms with E-state index >= 15 is 0 Å². The van der Waals surface area contributed by atoms with Crippen molar-refractivity contribution in [3.05, 3.63) is 30.3 Å². The minimum absolute atomic E-state index is 0.299. The Morgan fingerprint density at radius 1 is 1.29 bits per heavy atom. The molecule has 3 N–H and O–H groups in total. The molecule has 0 amide bonds. The lowest BCUT2D eigenvalue weighted by Gasteiger charge is -2.23. The van der Waals surface area contributed by atoms with Gasteiger partial charge in [0.15, 0.2) is 9.84 Å². The molecule has 0 saturated heterocycles. The molecule has 0 saturated carbocycles. The molecule has 21 heavy (non-hydrogen) atoms. The van der Waals surface area contributed by atoms with Crippen LogP contribution >= 0.6 is 11.5 Å². The van der Waals surface area contributed by atoms with Gasteiger partial charge in [-0.15, -0.1) is 0 Å². The second-order valence-corrected chi connectivity index (χ2v) is 8.95. The molecule has 114 valence electrons. The van der Waals surface area contributed by atoms with Crippen LogP contribution in [0.5, 0.6) is 0 Å². The summed E-state index contributed by atoms with van der Waals surface area (Å²) >= 11 is 1.24. The molecule has 0 aliphatic rings. The zero-order chi connectivity index (χ0) is 15.7. The molecule has 0 aliphatic carbocycles. The van der Waals surface area contributed by atoms with Crippen LogP contribution < -0.4 is 11.1 Å². The van der Waals surface area contributed by atoms with E-state index in [1.165, 1.54) is 17.8 Å². The normalized spacial score (nSPS) is 12.3. The van der Waals surface area contributed by atoms with Crippen LogP contribution in [-0.2, 0) is 9.84 Å². The summed E-state index contributed by atoms with van der Waals surface area (Å²) in [6.07, 6.45) is 1.24. The molecule has 0 unspecified atom stereocenters. The van der Waals surface area contributed by atoms with Crippen molar-refractivity contribution in [1.82, 2.24) is 4.37 Å². The lowest BCUT2D eigenvalue weighted by Crippen LogP contribution is -2.38. The highest BCUT2D eigenvalue weighted by molar-refractivity contribution is 7.92. The van der Waals surface area contributed by atoms with E-state index in [0.29, 0.717) is 12.4 Å². The van der Waals surface area contributed by atoms with Crippen LogP contribution in [0.15, 0.2) is 30.3 Å². The zero-order valence-corrected chi connectivity index (χ0v) is 13.9. The smallest absolute Gasteiger partial charge is 0.154 e. The van der Waals surface area contributed by atoms with Gasteiger partial charge in [-0.3, -0.25) is 0 Å². The number of sulfone groups is 1. The molecule has 1 aromatic heterocycles. The van der Waals surface area contributed by atoms with Gasteiger partial charge in [0.25, 0.3) is 0 Å². The Bertz CT molecular complexity index is 722. The van der Waals surface area contributed by atoms with Gasteiger partial charge in [-0.05, 0) is 30.9 Å². The van der Waals surface area contributed by atoms with E-state index in [-0.39, 0.29) is 0 Å². The molecule has 0 aliphatic heterocycles.